The van der Waals surface area contributed by atoms with E-state index in [1.807, 2.05) is 19.1 Å². The van der Waals surface area contributed by atoms with Gasteiger partial charge >= 0.3 is 6.09 Å². The number of hydrogen-bond acceptors (Lipinski definition) is 10. The van der Waals surface area contributed by atoms with Crippen molar-refractivity contribution in [2.45, 2.75) is 20.0 Å². The maximum absolute atomic E-state index is 14.9. The van der Waals surface area contributed by atoms with Gasteiger partial charge in [0.2, 0.25) is 5.88 Å². The number of nitrogens with zero attached hydrogens (tertiary/aromatic N) is 4. The van der Waals surface area contributed by atoms with E-state index in [0.29, 0.717) is 27.4 Å². The molecule has 0 fully saturated rings. The molecule has 1 amide bonds. The van der Waals surface area contributed by atoms with E-state index >= 15 is 0 Å². The summed E-state index contributed by atoms with van der Waals surface area (Å²) in [5.74, 6) is -0.260. The number of pyridine rings is 1. The molecule has 0 aliphatic rings. The van der Waals surface area contributed by atoms with Gasteiger partial charge in [-0.1, -0.05) is 0 Å². The second-order valence-electron chi connectivity index (χ2n) is 8.45. The fourth-order valence-corrected chi connectivity index (χ4v) is 4.73. The van der Waals surface area contributed by atoms with E-state index in [1.165, 1.54) is 43.0 Å². The molecule has 0 spiro atoms. The molecule has 38 heavy (non-hydrogen) atoms. The Morgan fingerprint density at radius 3 is 2.76 bits per heavy atom. The van der Waals surface area contributed by atoms with Gasteiger partial charge < -0.3 is 19.3 Å². The highest BCUT2D eigenvalue weighted by atomic mass is 32.1. The molecular weight excluding hydrogens is 513 g/mol. The van der Waals surface area contributed by atoms with Crippen molar-refractivity contribution in [2.75, 3.05) is 19.0 Å². The largest absolute Gasteiger partial charge is 0.506 e. The highest BCUT2D eigenvalue weighted by molar-refractivity contribution is 7.21. The van der Waals surface area contributed by atoms with E-state index in [1.54, 1.807) is 19.2 Å². The quantitative estimate of drug-likeness (QED) is 0.278. The minimum absolute atomic E-state index is 0.0139. The van der Waals surface area contributed by atoms with Gasteiger partial charge in [-0.15, -0.1) is 11.3 Å². The first-order valence-corrected chi connectivity index (χ1v) is 12.3. The molecule has 0 saturated carbocycles. The number of hydrogen-bond donors (Lipinski definition) is 2. The summed E-state index contributed by atoms with van der Waals surface area (Å²) in [6, 6.07) is 8.09. The van der Waals surface area contributed by atoms with Crippen LogP contribution < -0.4 is 14.8 Å². The summed E-state index contributed by atoms with van der Waals surface area (Å²) in [5, 5.41) is 12.5. The number of benzene rings is 2. The number of aromatic nitrogens is 4. The normalized spacial score (nSPS) is 11.9. The Hall–Kier alpha value is -4.58. The van der Waals surface area contributed by atoms with Crippen LogP contribution >= 0.6 is 11.3 Å². The Bertz CT molecular complexity index is 1660. The molecule has 2 N–H and O–H groups in total. The maximum atomic E-state index is 14.9. The fraction of sp³-hybridized carbons (Fsp3) is 0.192. The van der Waals surface area contributed by atoms with Gasteiger partial charge in [0, 0.05) is 23.8 Å². The predicted octanol–water partition coefficient (Wildman–Crippen LogP) is 5.48. The third-order valence-corrected chi connectivity index (χ3v) is 6.45. The molecule has 0 aliphatic heterocycles. The molecule has 0 radical (unpaired) electrons. The highest BCUT2D eigenvalue weighted by Crippen LogP contribution is 2.37. The van der Waals surface area contributed by atoms with Gasteiger partial charge in [0.1, 0.15) is 23.5 Å². The van der Waals surface area contributed by atoms with Gasteiger partial charge in [-0.3, -0.25) is 10.3 Å². The Morgan fingerprint density at radius 2 is 1.97 bits per heavy atom. The SMILES string of the molecule is COc1cnc2c(-c3nc4cc(F)c(OC(C)COC(=O)Nc5cncc(O)c5)cc4s3)cc(C)cc2n1. The maximum Gasteiger partial charge on any atom is 0.411 e. The molecule has 0 aliphatic carbocycles. The number of carbonyl (C=O) groups excluding carboxylic acids is 1. The Kier molecular flexibility index (Phi) is 6.88. The number of fused-ring (bicyclic) bond motifs is 2. The van der Waals surface area contributed by atoms with Gasteiger partial charge in [0.25, 0.3) is 0 Å². The molecule has 5 aromatic rings. The summed E-state index contributed by atoms with van der Waals surface area (Å²) in [6.07, 6.45) is 2.73. The Labute approximate surface area is 220 Å². The molecule has 0 saturated heterocycles. The molecule has 5 rings (SSSR count). The van der Waals surface area contributed by atoms with E-state index in [0.717, 1.165) is 15.8 Å². The number of rotatable bonds is 7. The minimum atomic E-state index is -0.762. The van der Waals surface area contributed by atoms with Crippen LogP contribution in [-0.2, 0) is 4.74 Å². The van der Waals surface area contributed by atoms with Crippen LogP contribution in [0.1, 0.15) is 12.5 Å². The number of aryl methyl sites for hydroxylation is 1. The molecule has 3 aromatic heterocycles. The lowest BCUT2D eigenvalue weighted by atomic mass is 10.1. The summed E-state index contributed by atoms with van der Waals surface area (Å²) in [7, 11) is 1.53. The average molecular weight is 536 g/mol. The van der Waals surface area contributed by atoms with Crippen LogP contribution in [0.2, 0.25) is 0 Å². The number of halogens is 1. The van der Waals surface area contributed by atoms with Crippen LogP contribution in [0.15, 0.2) is 48.9 Å². The molecule has 12 heteroatoms. The van der Waals surface area contributed by atoms with Crippen LogP contribution in [0.4, 0.5) is 14.9 Å². The van der Waals surface area contributed by atoms with Crippen molar-refractivity contribution >= 4 is 44.4 Å². The van der Waals surface area contributed by atoms with Gasteiger partial charge in [0.05, 0.1) is 52.6 Å². The molecule has 1 atom stereocenters. The molecule has 1 unspecified atom stereocenters. The number of anilines is 1. The summed E-state index contributed by atoms with van der Waals surface area (Å²) >= 11 is 1.38. The summed E-state index contributed by atoms with van der Waals surface area (Å²) in [5.41, 5.74) is 3.85. The zero-order valence-electron chi connectivity index (χ0n) is 20.6. The second-order valence-corrected chi connectivity index (χ2v) is 9.48. The van der Waals surface area contributed by atoms with Crippen molar-refractivity contribution in [2.24, 2.45) is 0 Å². The Balaban J connectivity index is 1.32. The Morgan fingerprint density at radius 1 is 1.13 bits per heavy atom. The third kappa shape index (κ3) is 5.39. The van der Waals surface area contributed by atoms with Crippen molar-refractivity contribution in [3.8, 4) is 28.0 Å². The van der Waals surface area contributed by atoms with Gasteiger partial charge in [-0.25, -0.2) is 24.1 Å². The predicted molar refractivity (Wildman–Crippen MR) is 140 cm³/mol. The highest BCUT2D eigenvalue weighted by Gasteiger charge is 2.17. The zero-order chi connectivity index (χ0) is 26.8. The first kappa shape index (κ1) is 25.1. The summed E-state index contributed by atoms with van der Waals surface area (Å²) < 4.78 is 31.6. The molecule has 194 valence electrons. The topological polar surface area (TPSA) is 129 Å². The van der Waals surface area contributed by atoms with E-state index in [4.69, 9.17) is 14.2 Å². The van der Waals surface area contributed by atoms with Crippen molar-refractivity contribution in [3.05, 3.63) is 60.3 Å². The minimum Gasteiger partial charge on any atom is -0.506 e. The smallest absolute Gasteiger partial charge is 0.411 e. The van der Waals surface area contributed by atoms with E-state index in [9.17, 15) is 14.3 Å². The van der Waals surface area contributed by atoms with Crippen molar-refractivity contribution in [3.63, 3.8) is 0 Å². The lowest BCUT2D eigenvalue weighted by Crippen LogP contribution is -2.24. The van der Waals surface area contributed by atoms with E-state index in [2.05, 4.69) is 25.3 Å². The lowest BCUT2D eigenvalue weighted by molar-refractivity contribution is 0.0969. The monoisotopic (exact) mass is 535 g/mol. The van der Waals surface area contributed by atoms with Crippen molar-refractivity contribution in [1.29, 1.82) is 0 Å². The molecule has 0 bridgehead atoms. The molecular formula is C26H22FN5O5S. The van der Waals surface area contributed by atoms with Gasteiger partial charge in [0.15, 0.2) is 11.6 Å². The van der Waals surface area contributed by atoms with Gasteiger partial charge in [-0.2, -0.15) is 0 Å². The van der Waals surface area contributed by atoms with E-state index < -0.39 is 18.0 Å². The molecule has 10 nitrogen and oxygen atoms in total. The number of ether oxygens (including phenoxy) is 3. The number of nitrogens with one attached hydrogen (secondary N) is 1. The van der Waals surface area contributed by atoms with Crippen LogP contribution in [0.3, 0.4) is 0 Å². The van der Waals surface area contributed by atoms with Crippen LogP contribution in [-0.4, -0.2) is 51.0 Å². The lowest BCUT2D eigenvalue weighted by Gasteiger charge is -2.15. The molecule has 3 heterocycles. The summed E-state index contributed by atoms with van der Waals surface area (Å²) in [4.78, 5) is 29.4. The summed E-state index contributed by atoms with van der Waals surface area (Å²) in [6.45, 7) is 3.46. The zero-order valence-corrected chi connectivity index (χ0v) is 21.4. The standard InChI is InChI=1S/C26H22FN5O5S/c1-13-4-17(24-20(5-13)31-23(35-3)11-29-24)25-32-19-7-18(27)21(8-22(19)38-25)37-14(2)12-36-26(34)30-15-6-16(33)10-28-9-15/h4-11,14,33H,12H2,1-3H3,(H,30,34). The van der Waals surface area contributed by atoms with Crippen molar-refractivity contribution < 1.29 is 28.5 Å². The number of carbonyl (C=O) groups is 1. The number of amides is 1. The number of methoxy groups -OCH3 is 1. The number of aromatic hydroxyl groups is 1. The van der Waals surface area contributed by atoms with Crippen LogP contribution in [0.5, 0.6) is 17.4 Å². The van der Waals surface area contributed by atoms with Crippen LogP contribution in [0, 0.1) is 12.7 Å². The van der Waals surface area contributed by atoms with E-state index in [-0.39, 0.29) is 23.8 Å². The second kappa shape index (κ2) is 10.4. The van der Waals surface area contributed by atoms with Gasteiger partial charge in [-0.05, 0) is 31.5 Å². The van der Waals surface area contributed by atoms with Crippen LogP contribution in [0.25, 0.3) is 31.8 Å². The molecule has 2 aromatic carbocycles. The fourth-order valence-electron chi connectivity index (χ4n) is 3.74. The number of thiazole rings is 1. The first-order valence-electron chi connectivity index (χ1n) is 11.5. The first-order chi connectivity index (χ1) is 18.3. The average Bonchev–Trinajstić information content (AvgIpc) is 3.29. The van der Waals surface area contributed by atoms with Crippen molar-refractivity contribution in [1.82, 2.24) is 19.9 Å². The third-order valence-electron chi connectivity index (χ3n) is 5.40.